The summed E-state index contributed by atoms with van der Waals surface area (Å²) >= 11 is 0. The highest BCUT2D eigenvalue weighted by atomic mass is 16.3. The molecule has 5 aromatic rings. The lowest BCUT2D eigenvalue weighted by atomic mass is 9.96. The van der Waals surface area contributed by atoms with Crippen molar-refractivity contribution in [2.24, 2.45) is 7.05 Å². The van der Waals surface area contributed by atoms with Crippen molar-refractivity contribution in [2.45, 2.75) is 13.8 Å². The van der Waals surface area contributed by atoms with Crippen molar-refractivity contribution in [3.05, 3.63) is 89.5 Å². The minimum Gasteiger partial charge on any atom is -0.454 e. The standard InChI is InChI=1S/C27H21N2O/c1-17-13-14-29(3)23(15-17)24-18(2)9-11-21-22-12-10-20(16-28)25(27(22)30-26(21)24)19-7-5-4-6-8-19/h4-15H,1-3H3/q+1/i1D3,4D,5D,6D,7D,8D. The number of benzene rings is 3. The second-order valence-electron chi connectivity index (χ2n) is 7.12. The fourth-order valence-electron chi connectivity index (χ4n) is 3.85. The summed E-state index contributed by atoms with van der Waals surface area (Å²) in [6.45, 7) is -0.435. The summed E-state index contributed by atoms with van der Waals surface area (Å²) in [5.74, 6) is 0. The van der Waals surface area contributed by atoms with E-state index in [-0.39, 0.29) is 27.8 Å². The van der Waals surface area contributed by atoms with Crippen molar-refractivity contribution >= 4 is 21.9 Å². The Morgan fingerprint density at radius 2 is 1.73 bits per heavy atom. The number of pyridine rings is 1. The molecule has 0 saturated heterocycles. The second-order valence-corrected chi connectivity index (χ2v) is 7.12. The molecule has 30 heavy (non-hydrogen) atoms. The number of hydrogen-bond donors (Lipinski definition) is 0. The van der Waals surface area contributed by atoms with Crippen molar-refractivity contribution in [3.8, 4) is 28.5 Å². The topological polar surface area (TPSA) is 40.8 Å². The van der Waals surface area contributed by atoms with Gasteiger partial charge in [-0.25, -0.2) is 4.57 Å². The summed E-state index contributed by atoms with van der Waals surface area (Å²) in [5.41, 5.74) is 2.98. The Morgan fingerprint density at radius 1 is 1.00 bits per heavy atom. The Hall–Kier alpha value is -3.90. The Balaban J connectivity index is 1.94. The fraction of sp³-hybridized carbons (Fsp3) is 0.111. The predicted molar refractivity (Wildman–Crippen MR) is 120 cm³/mol. The average Bonchev–Trinajstić information content (AvgIpc) is 3.25. The van der Waals surface area contributed by atoms with Crippen LogP contribution in [0.1, 0.15) is 27.7 Å². The lowest BCUT2D eigenvalue weighted by Gasteiger charge is -2.06. The van der Waals surface area contributed by atoms with E-state index in [1.165, 1.54) is 0 Å². The fourth-order valence-corrected chi connectivity index (χ4v) is 3.85. The molecule has 0 atom stereocenters. The molecule has 0 unspecified atom stereocenters. The van der Waals surface area contributed by atoms with Crippen LogP contribution >= 0.6 is 0 Å². The van der Waals surface area contributed by atoms with Crippen LogP contribution in [0.3, 0.4) is 0 Å². The molecule has 144 valence electrons. The molecular weight excluding hydrogens is 368 g/mol. The molecule has 0 fully saturated rings. The highest BCUT2D eigenvalue weighted by Crippen LogP contribution is 2.41. The van der Waals surface area contributed by atoms with Crippen molar-refractivity contribution in [2.75, 3.05) is 0 Å². The third-order valence-corrected chi connectivity index (χ3v) is 5.29. The Kier molecular flexibility index (Phi) is 2.59. The number of rotatable bonds is 2. The predicted octanol–water partition coefficient (Wildman–Crippen LogP) is 6.23. The van der Waals surface area contributed by atoms with E-state index in [0.717, 1.165) is 5.56 Å². The number of nitrogens with zero attached hydrogens (tertiary/aromatic N) is 2. The van der Waals surface area contributed by atoms with Crippen LogP contribution < -0.4 is 4.57 Å². The van der Waals surface area contributed by atoms with E-state index in [1.54, 1.807) is 42.1 Å². The first-order chi connectivity index (χ1) is 17.9. The van der Waals surface area contributed by atoms with Crippen LogP contribution in [0.2, 0.25) is 0 Å². The van der Waals surface area contributed by atoms with Crippen LogP contribution in [0.15, 0.2) is 77.2 Å². The monoisotopic (exact) mass is 397 g/mol. The molecule has 0 saturated carbocycles. The molecule has 0 N–H and O–H groups in total. The minimum absolute atomic E-state index is 0.100. The quantitative estimate of drug-likeness (QED) is 0.331. The van der Waals surface area contributed by atoms with Gasteiger partial charge in [0.2, 0.25) is 5.69 Å². The van der Waals surface area contributed by atoms with E-state index >= 15 is 0 Å². The van der Waals surface area contributed by atoms with Crippen molar-refractivity contribution in [1.29, 1.82) is 5.26 Å². The van der Waals surface area contributed by atoms with Gasteiger partial charge < -0.3 is 4.42 Å². The first-order valence-corrected chi connectivity index (χ1v) is 9.33. The molecule has 3 nitrogen and oxygen atoms in total. The third-order valence-electron chi connectivity index (χ3n) is 5.29. The van der Waals surface area contributed by atoms with Gasteiger partial charge in [-0.05, 0) is 42.6 Å². The number of nitriles is 1. The summed E-state index contributed by atoms with van der Waals surface area (Å²) in [4.78, 5) is 0. The summed E-state index contributed by atoms with van der Waals surface area (Å²) in [5, 5.41) is 11.2. The number of aromatic nitrogens is 1. The molecule has 0 spiro atoms. The Bertz CT molecular complexity index is 1820. The van der Waals surface area contributed by atoms with Crippen LogP contribution in [-0.2, 0) is 7.05 Å². The van der Waals surface area contributed by atoms with Gasteiger partial charge in [-0.3, -0.25) is 0 Å². The van der Waals surface area contributed by atoms with Crippen LogP contribution in [0.25, 0.3) is 44.3 Å². The molecule has 0 aliphatic rings. The van der Waals surface area contributed by atoms with E-state index in [0.29, 0.717) is 27.6 Å². The zero-order valence-corrected chi connectivity index (χ0v) is 16.3. The number of hydrogen-bond acceptors (Lipinski definition) is 2. The molecule has 0 amide bonds. The molecule has 2 aromatic heterocycles. The van der Waals surface area contributed by atoms with Crippen molar-refractivity contribution < 1.29 is 20.0 Å². The van der Waals surface area contributed by atoms with Crippen molar-refractivity contribution in [3.63, 3.8) is 0 Å². The summed E-state index contributed by atoms with van der Waals surface area (Å²) in [7, 11) is 1.80. The summed E-state index contributed by atoms with van der Waals surface area (Å²) < 4.78 is 73.0. The second kappa shape index (κ2) is 6.86. The molecule has 5 rings (SSSR count). The van der Waals surface area contributed by atoms with Gasteiger partial charge in [-0.15, -0.1) is 0 Å². The molecule has 3 aromatic carbocycles. The molecule has 0 radical (unpaired) electrons. The maximum absolute atomic E-state index is 9.91. The average molecular weight is 398 g/mol. The first kappa shape index (κ1) is 11.3. The van der Waals surface area contributed by atoms with Crippen LogP contribution in [0.4, 0.5) is 0 Å². The first-order valence-electron chi connectivity index (χ1n) is 13.3. The largest absolute Gasteiger partial charge is 0.454 e. The van der Waals surface area contributed by atoms with E-state index < -0.39 is 37.1 Å². The summed E-state index contributed by atoms with van der Waals surface area (Å²) in [6.07, 6.45) is 1.67. The molecule has 3 heteroatoms. The zero-order valence-electron chi connectivity index (χ0n) is 24.3. The van der Waals surface area contributed by atoms with Gasteiger partial charge in [0.05, 0.1) is 24.0 Å². The number of furan rings is 1. The number of aryl methyl sites for hydroxylation is 3. The molecule has 0 aliphatic heterocycles. The van der Waals surface area contributed by atoms with Gasteiger partial charge in [0.15, 0.2) is 6.20 Å². The van der Waals surface area contributed by atoms with E-state index in [1.807, 2.05) is 19.1 Å². The Morgan fingerprint density at radius 3 is 2.47 bits per heavy atom. The van der Waals surface area contributed by atoms with Crippen LogP contribution in [-0.4, -0.2) is 0 Å². The molecule has 2 heterocycles. The lowest BCUT2D eigenvalue weighted by Crippen LogP contribution is -2.30. The van der Waals surface area contributed by atoms with Gasteiger partial charge in [0.1, 0.15) is 18.2 Å². The van der Waals surface area contributed by atoms with E-state index in [2.05, 4.69) is 6.07 Å². The third kappa shape index (κ3) is 2.69. The van der Waals surface area contributed by atoms with E-state index in [9.17, 15) is 5.26 Å². The van der Waals surface area contributed by atoms with Crippen LogP contribution in [0, 0.1) is 25.1 Å². The van der Waals surface area contributed by atoms with Crippen LogP contribution in [0.5, 0.6) is 0 Å². The number of fused-ring (bicyclic) bond motifs is 3. The van der Waals surface area contributed by atoms with Gasteiger partial charge in [0.25, 0.3) is 0 Å². The van der Waals surface area contributed by atoms with Gasteiger partial charge in [0, 0.05) is 32.6 Å². The minimum atomic E-state index is -2.31. The maximum Gasteiger partial charge on any atom is 0.216 e. The molecular formula is C27H21N2O+. The van der Waals surface area contributed by atoms with Gasteiger partial charge in [-0.1, -0.05) is 42.3 Å². The molecule has 0 bridgehead atoms. The lowest BCUT2D eigenvalue weighted by molar-refractivity contribution is -0.660. The SMILES string of the molecule is [2H]c1c([2H])c([2H])c(-c2c(C#N)ccc3c2oc2c(-c4cc(C([2H])([2H])[2H])cc[n+]4C)c(C)ccc23)c([2H])c1[2H]. The highest BCUT2D eigenvalue weighted by Gasteiger charge is 2.23. The normalized spacial score (nSPS) is 15.4. The van der Waals surface area contributed by atoms with Gasteiger partial charge >= 0.3 is 0 Å². The highest BCUT2D eigenvalue weighted by molar-refractivity contribution is 6.13. The Labute approximate surface area is 186 Å². The molecule has 0 aliphatic carbocycles. The maximum atomic E-state index is 9.91. The van der Waals surface area contributed by atoms with Crippen molar-refractivity contribution in [1.82, 2.24) is 0 Å². The van der Waals surface area contributed by atoms with Gasteiger partial charge in [-0.2, -0.15) is 5.26 Å². The van der Waals surface area contributed by atoms with E-state index in [4.69, 9.17) is 15.4 Å². The zero-order chi connectivity index (χ0) is 27.7. The smallest absolute Gasteiger partial charge is 0.216 e. The summed E-state index contributed by atoms with van der Waals surface area (Å²) in [6, 6.07) is 9.77.